The van der Waals surface area contributed by atoms with Crippen LogP contribution in [0.15, 0.2) is 46.6 Å². The molecule has 1 aliphatic rings. The summed E-state index contributed by atoms with van der Waals surface area (Å²) in [6.45, 7) is 2.42. The Labute approximate surface area is 182 Å². The first-order chi connectivity index (χ1) is 14.6. The van der Waals surface area contributed by atoms with Gasteiger partial charge in [-0.15, -0.1) is 0 Å². The molecule has 0 saturated carbocycles. The first-order valence-corrected chi connectivity index (χ1v) is 11.9. The second-order valence-electron chi connectivity index (χ2n) is 6.96. The SMILES string of the molecule is C[C@H](Sc1nccc(C(F)(F)F)n1)C(=O)Nc1cccc(S(=O)(=O)N2CCCCC2)c1. The fourth-order valence-corrected chi connectivity index (χ4v) is 5.32. The zero-order valence-electron chi connectivity index (χ0n) is 16.6. The number of alkyl halides is 3. The van der Waals surface area contributed by atoms with Crippen LogP contribution in [-0.2, 0) is 21.0 Å². The Balaban J connectivity index is 1.68. The number of anilines is 1. The van der Waals surface area contributed by atoms with Crippen molar-refractivity contribution in [1.82, 2.24) is 14.3 Å². The maximum atomic E-state index is 12.8. The lowest BCUT2D eigenvalue weighted by atomic mass is 10.2. The third-order valence-corrected chi connectivity index (χ3v) is 7.50. The highest BCUT2D eigenvalue weighted by Gasteiger charge is 2.33. The van der Waals surface area contributed by atoms with Crippen molar-refractivity contribution in [2.45, 2.75) is 47.7 Å². The van der Waals surface area contributed by atoms with Crippen LogP contribution in [0.3, 0.4) is 0 Å². The van der Waals surface area contributed by atoms with Crippen molar-refractivity contribution in [2.75, 3.05) is 18.4 Å². The van der Waals surface area contributed by atoms with Gasteiger partial charge in [0.25, 0.3) is 0 Å². The largest absolute Gasteiger partial charge is 0.433 e. The molecule has 1 aromatic carbocycles. The minimum Gasteiger partial charge on any atom is -0.325 e. The lowest BCUT2D eigenvalue weighted by Gasteiger charge is -2.26. The number of rotatable bonds is 6. The molecule has 0 spiro atoms. The van der Waals surface area contributed by atoms with Gasteiger partial charge in [-0.3, -0.25) is 4.79 Å². The fraction of sp³-hybridized carbons (Fsp3) is 0.421. The maximum absolute atomic E-state index is 12.8. The predicted molar refractivity (Wildman–Crippen MR) is 110 cm³/mol. The van der Waals surface area contributed by atoms with Gasteiger partial charge in [0, 0.05) is 25.0 Å². The van der Waals surface area contributed by atoms with E-state index in [0.29, 0.717) is 13.1 Å². The number of sulfonamides is 1. The summed E-state index contributed by atoms with van der Waals surface area (Å²) >= 11 is 0.773. The standard InChI is InChI=1S/C19H21F3N4O3S2/c1-13(30-18-23-9-8-16(25-18)19(20,21)22)17(27)24-14-6-5-7-15(12-14)31(28,29)26-10-3-2-4-11-26/h5-9,12-13H,2-4,10-11H2,1H3,(H,24,27)/t13-/m0/s1. The van der Waals surface area contributed by atoms with Crippen LogP contribution in [0, 0.1) is 0 Å². The number of thioether (sulfide) groups is 1. The molecule has 1 aromatic heterocycles. The number of hydrogen-bond acceptors (Lipinski definition) is 6. The first-order valence-electron chi connectivity index (χ1n) is 9.55. The molecule has 7 nitrogen and oxygen atoms in total. The number of halogens is 3. The van der Waals surface area contributed by atoms with Crippen molar-refractivity contribution in [3.63, 3.8) is 0 Å². The maximum Gasteiger partial charge on any atom is 0.433 e. The molecule has 1 N–H and O–H groups in total. The summed E-state index contributed by atoms with van der Waals surface area (Å²) in [4.78, 5) is 19.8. The van der Waals surface area contributed by atoms with Gasteiger partial charge in [0.1, 0.15) is 5.69 Å². The van der Waals surface area contributed by atoms with Crippen LogP contribution in [0.2, 0.25) is 0 Å². The highest BCUT2D eigenvalue weighted by atomic mass is 32.2. The molecule has 1 aliphatic heterocycles. The van der Waals surface area contributed by atoms with Crippen molar-refractivity contribution >= 4 is 33.4 Å². The predicted octanol–water partition coefficient (Wildman–Crippen LogP) is 3.79. The molecule has 1 fully saturated rings. The van der Waals surface area contributed by atoms with E-state index in [9.17, 15) is 26.4 Å². The van der Waals surface area contributed by atoms with Gasteiger partial charge in [0.05, 0.1) is 10.1 Å². The van der Waals surface area contributed by atoms with E-state index in [1.807, 2.05) is 0 Å². The molecule has 2 heterocycles. The molecule has 31 heavy (non-hydrogen) atoms. The van der Waals surface area contributed by atoms with Gasteiger partial charge in [0.2, 0.25) is 15.9 Å². The highest BCUT2D eigenvalue weighted by molar-refractivity contribution is 8.00. The van der Waals surface area contributed by atoms with E-state index < -0.39 is 33.1 Å². The number of nitrogens with zero attached hydrogens (tertiary/aromatic N) is 3. The Morgan fingerprint density at radius 2 is 1.90 bits per heavy atom. The van der Waals surface area contributed by atoms with Gasteiger partial charge in [-0.1, -0.05) is 24.2 Å². The van der Waals surface area contributed by atoms with E-state index >= 15 is 0 Å². The van der Waals surface area contributed by atoms with Crippen LogP contribution in [0.5, 0.6) is 0 Å². The monoisotopic (exact) mass is 474 g/mol. The van der Waals surface area contributed by atoms with Gasteiger partial charge >= 0.3 is 6.18 Å². The lowest BCUT2D eigenvalue weighted by molar-refractivity contribution is -0.141. The molecule has 0 aliphatic carbocycles. The average molecular weight is 475 g/mol. The summed E-state index contributed by atoms with van der Waals surface area (Å²) in [5, 5.41) is 1.61. The Bertz CT molecular complexity index is 1040. The second-order valence-corrected chi connectivity index (χ2v) is 10.2. The van der Waals surface area contributed by atoms with Crippen LogP contribution in [0.1, 0.15) is 31.9 Å². The second kappa shape index (κ2) is 9.53. The summed E-state index contributed by atoms with van der Waals surface area (Å²) in [5.41, 5.74) is -0.811. The van der Waals surface area contributed by atoms with E-state index in [1.54, 1.807) is 6.07 Å². The molecule has 0 bridgehead atoms. The van der Waals surface area contributed by atoms with Crippen LogP contribution in [0.4, 0.5) is 18.9 Å². The van der Waals surface area contributed by atoms with E-state index in [1.165, 1.54) is 29.4 Å². The Hall–Kier alpha value is -2.18. The topological polar surface area (TPSA) is 92.3 Å². The Kier molecular flexibility index (Phi) is 7.22. The molecule has 168 valence electrons. The van der Waals surface area contributed by atoms with Crippen molar-refractivity contribution < 1.29 is 26.4 Å². The number of nitrogens with one attached hydrogen (secondary N) is 1. The molecule has 0 radical (unpaired) electrons. The summed E-state index contributed by atoms with van der Waals surface area (Å²) < 4.78 is 65.4. The van der Waals surface area contributed by atoms with Gasteiger partial charge in [-0.05, 0) is 44.0 Å². The number of hydrogen-bond donors (Lipinski definition) is 1. The third-order valence-electron chi connectivity index (χ3n) is 4.63. The third kappa shape index (κ3) is 5.95. The minimum atomic E-state index is -4.61. The van der Waals surface area contributed by atoms with Gasteiger partial charge in [-0.25, -0.2) is 18.4 Å². The zero-order valence-corrected chi connectivity index (χ0v) is 18.2. The molecule has 1 amide bonds. The molecule has 0 unspecified atom stereocenters. The van der Waals surface area contributed by atoms with Crippen molar-refractivity contribution in [2.24, 2.45) is 0 Å². The zero-order chi connectivity index (χ0) is 22.6. The van der Waals surface area contributed by atoms with E-state index in [0.717, 1.165) is 43.3 Å². The quantitative estimate of drug-likeness (QED) is 0.506. The van der Waals surface area contributed by atoms with Crippen molar-refractivity contribution in [3.05, 3.63) is 42.2 Å². The van der Waals surface area contributed by atoms with Gasteiger partial charge in [0.15, 0.2) is 5.16 Å². The Morgan fingerprint density at radius 3 is 2.58 bits per heavy atom. The summed E-state index contributed by atoms with van der Waals surface area (Å²) in [6, 6.07) is 6.67. The molecular weight excluding hydrogens is 453 g/mol. The molecule has 3 rings (SSSR count). The lowest BCUT2D eigenvalue weighted by Crippen LogP contribution is -2.35. The normalized spacial score (nSPS) is 16.6. The molecule has 2 aromatic rings. The number of aromatic nitrogens is 2. The van der Waals surface area contributed by atoms with Crippen LogP contribution >= 0.6 is 11.8 Å². The minimum absolute atomic E-state index is 0.0775. The summed E-state index contributed by atoms with van der Waals surface area (Å²) in [6.07, 6.45) is -1.01. The molecular formula is C19H21F3N4O3S2. The van der Waals surface area contributed by atoms with Gasteiger partial charge in [-0.2, -0.15) is 17.5 Å². The molecule has 12 heteroatoms. The smallest absolute Gasteiger partial charge is 0.325 e. The molecule has 1 atom stereocenters. The summed E-state index contributed by atoms with van der Waals surface area (Å²) in [7, 11) is -3.66. The first kappa shape index (κ1) is 23.5. The summed E-state index contributed by atoms with van der Waals surface area (Å²) in [5.74, 6) is -0.515. The number of amides is 1. The number of piperidine rings is 1. The van der Waals surface area contributed by atoms with Crippen LogP contribution in [0.25, 0.3) is 0 Å². The fourth-order valence-electron chi connectivity index (χ4n) is 3.00. The van der Waals surface area contributed by atoms with Crippen LogP contribution < -0.4 is 5.32 Å². The Morgan fingerprint density at radius 1 is 1.19 bits per heavy atom. The number of benzene rings is 1. The average Bonchev–Trinajstić information content (AvgIpc) is 2.74. The van der Waals surface area contributed by atoms with Gasteiger partial charge < -0.3 is 5.32 Å². The van der Waals surface area contributed by atoms with Crippen LogP contribution in [-0.4, -0.2) is 46.9 Å². The number of carbonyl (C=O) groups is 1. The van der Waals surface area contributed by atoms with Crippen molar-refractivity contribution in [3.8, 4) is 0 Å². The van der Waals surface area contributed by atoms with E-state index in [4.69, 9.17) is 0 Å². The van der Waals surface area contributed by atoms with Crippen molar-refractivity contribution in [1.29, 1.82) is 0 Å². The van der Waals surface area contributed by atoms with E-state index in [-0.39, 0.29) is 15.7 Å². The molecule has 1 saturated heterocycles. The number of carbonyl (C=O) groups excluding carboxylic acids is 1. The van der Waals surface area contributed by atoms with E-state index in [2.05, 4.69) is 15.3 Å². The highest BCUT2D eigenvalue weighted by Crippen LogP contribution is 2.29.